The molecule has 2 amide bonds. The summed E-state index contributed by atoms with van der Waals surface area (Å²) in [5, 5.41) is 28.1. The van der Waals surface area contributed by atoms with Gasteiger partial charge >= 0.3 is 0 Å². The molecule has 0 bridgehead atoms. The predicted octanol–water partition coefficient (Wildman–Crippen LogP) is 4.26. The molecule has 1 aliphatic rings. The summed E-state index contributed by atoms with van der Waals surface area (Å²) >= 11 is 6.12. The normalized spacial score (nSPS) is 11.9. The van der Waals surface area contributed by atoms with Gasteiger partial charge in [0.05, 0.1) is 26.9 Å². The molecule has 0 saturated carbocycles. The Labute approximate surface area is 209 Å². The van der Waals surface area contributed by atoms with Crippen molar-refractivity contribution < 1.29 is 19.6 Å². The number of nitro groups is 1. The molecular weight excluding hydrogens is 486 g/mol. The second-order valence-corrected chi connectivity index (χ2v) is 8.62. The van der Waals surface area contributed by atoms with Gasteiger partial charge in [-0.15, -0.1) is 0 Å². The molecule has 1 heterocycles. The summed E-state index contributed by atoms with van der Waals surface area (Å²) in [4.78, 5) is 35.6. The lowest BCUT2D eigenvalue weighted by atomic mass is 9.88. The van der Waals surface area contributed by atoms with Gasteiger partial charge < -0.3 is 16.2 Å². The summed E-state index contributed by atoms with van der Waals surface area (Å²) < 4.78 is 1.59. The van der Waals surface area contributed by atoms with E-state index in [4.69, 9.17) is 17.3 Å². The Morgan fingerprint density at radius 3 is 2.53 bits per heavy atom. The van der Waals surface area contributed by atoms with Crippen molar-refractivity contribution in [2.24, 2.45) is 5.73 Å². The van der Waals surface area contributed by atoms with Gasteiger partial charge in [0, 0.05) is 28.9 Å². The number of rotatable bonds is 5. The van der Waals surface area contributed by atoms with E-state index in [1.54, 1.807) is 28.9 Å². The number of carbonyl (C=O) groups excluding carboxylic acids is 2. The standard InChI is InChI=1S/C25H18ClN5O5/c26-21-10-6-16(31(35)36)12-20(21)25(34)28-14-3-1-13-2-9-18-22(24(27)33)29-30(23(18)19(13)11-14)15-4-7-17(32)8-5-15/h1,3-8,10-12,32H,2,9H2,(H2,27,33)(H,28,34). The number of nitrogens with two attached hydrogens (primary N) is 1. The van der Waals surface area contributed by atoms with Crippen LogP contribution in [0.5, 0.6) is 5.75 Å². The Kier molecular flexibility index (Phi) is 5.65. The van der Waals surface area contributed by atoms with Gasteiger partial charge in [0.1, 0.15) is 5.75 Å². The van der Waals surface area contributed by atoms with Gasteiger partial charge in [0.25, 0.3) is 17.5 Å². The third-order valence-corrected chi connectivity index (χ3v) is 6.31. The van der Waals surface area contributed by atoms with Crippen LogP contribution >= 0.6 is 11.6 Å². The van der Waals surface area contributed by atoms with Crippen LogP contribution in [0.4, 0.5) is 11.4 Å². The number of phenols is 1. The van der Waals surface area contributed by atoms with Crippen molar-refractivity contribution in [1.29, 1.82) is 0 Å². The van der Waals surface area contributed by atoms with Crippen molar-refractivity contribution in [3.8, 4) is 22.7 Å². The Morgan fingerprint density at radius 1 is 1.08 bits per heavy atom. The number of nitro benzene ring substituents is 1. The van der Waals surface area contributed by atoms with Gasteiger partial charge in [-0.3, -0.25) is 19.7 Å². The van der Waals surface area contributed by atoms with E-state index in [1.807, 2.05) is 6.07 Å². The zero-order valence-electron chi connectivity index (χ0n) is 18.6. The van der Waals surface area contributed by atoms with E-state index in [0.717, 1.165) is 17.2 Å². The number of nitrogens with zero attached hydrogens (tertiary/aromatic N) is 3. The van der Waals surface area contributed by atoms with Crippen molar-refractivity contribution >= 4 is 34.8 Å². The van der Waals surface area contributed by atoms with Crippen LogP contribution in [0.3, 0.4) is 0 Å². The zero-order chi connectivity index (χ0) is 25.6. The maximum atomic E-state index is 12.9. The molecule has 11 heteroatoms. The number of aryl methyl sites for hydroxylation is 1. The van der Waals surface area contributed by atoms with Gasteiger partial charge in [-0.1, -0.05) is 17.7 Å². The highest BCUT2D eigenvalue weighted by Gasteiger charge is 2.28. The third kappa shape index (κ3) is 4.03. The predicted molar refractivity (Wildman–Crippen MR) is 133 cm³/mol. The number of nitrogens with one attached hydrogen (secondary N) is 1. The molecule has 1 aliphatic carbocycles. The number of fused-ring (bicyclic) bond motifs is 3. The van der Waals surface area contributed by atoms with Crippen LogP contribution < -0.4 is 11.1 Å². The lowest BCUT2D eigenvalue weighted by Crippen LogP contribution is -2.16. The topological polar surface area (TPSA) is 153 Å². The number of amides is 2. The Morgan fingerprint density at radius 2 is 1.83 bits per heavy atom. The molecule has 0 radical (unpaired) electrons. The van der Waals surface area contributed by atoms with Gasteiger partial charge in [-0.25, -0.2) is 4.68 Å². The van der Waals surface area contributed by atoms with Crippen molar-refractivity contribution in [3.05, 3.63) is 98.2 Å². The number of hydrogen-bond donors (Lipinski definition) is 3. The second-order valence-electron chi connectivity index (χ2n) is 8.22. The van der Waals surface area contributed by atoms with Crippen LogP contribution in [0, 0.1) is 10.1 Å². The fourth-order valence-corrected chi connectivity index (χ4v) is 4.50. The number of phenolic OH excluding ortho intramolecular Hbond substituents is 1. The third-order valence-electron chi connectivity index (χ3n) is 5.98. The Balaban J connectivity index is 1.58. The van der Waals surface area contributed by atoms with Crippen LogP contribution in [-0.4, -0.2) is 31.6 Å². The molecule has 3 aromatic carbocycles. The highest BCUT2D eigenvalue weighted by Crippen LogP contribution is 2.38. The maximum absolute atomic E-state index is 12.9. The van der Waals surface area contributed by atoms with Gasteiger partial charge in [-0.05, 0) is 60.9 Å². The molecule has 5 rings (SSSR count). The lowest BCUT2D eigenvalue weighted by Gasteiger charge is -2.20. The zero-order valence-corrected chi connectivity index (χ0v) is 19.3. The number of anilines is 1. The van der Waals surface area contributed by atoms with Crippen LogP contribution in [0.25, 0.3) is 16.9 Å². The number of benzene rings is 3. The monoisotopic (exact) mass is 503 g/mol. The molecule has 36 heavy (non-hydrogen) atoms. The molecule has 10 nitrogen and oxygen atoms in total. The van der Waals surface area contributed by atoms with Crippen LogP contribution in [0.15, 0.2) is 60.7 Å². The van der Waals surface area contributed by atoms with E-state index < -0.39 is 16.7 Å². The first kappa shape index (κ1) is 23.1. The highest BCUT2D eigenvalue weighted by atomic mass is 35.5. The van der Waals surface area contributed by atoms with E-state index in [9.17, 15) is 24.8 Å². The number of non-ortho nitro benzene ring substituents is 1. The van der Waals surface area contributed by atoms with E-state index in [2.05, 4.69) is 10.4 Å². The minimum absolute atomic E-state index is 0.0329. The summed E-state index contributed by atoms with van der Waals surface area (Å²) in [6.07, 6.45) is 1.18. The van der Waals surface area contributed by atoms with Crippen LogP contribution in [0.2, 0.25) is 5.02 Å². The van der Waals surface area contributed by atoms with Crippen LogP contribution in [-0.2, 0) is 12.8 Å². The first-order valence-electron chi connectivity index (χ1n) is 10.8. The summed E-state index contributed by atoms with van der Waals surface area (Å²) in [5.41, 5.74) is 9.58. The number of primary amides is 1. The van der Waals surface area contributed by atoms with Gasteiger partial charge in [0.15, 0.2) is 5.69 Å². The maximum Gasteiger partial charge on any atom is 0.270 e. The average molecular weight is 504 g/mol. The number of aromatic nitrogens is 2. The molecule has 0 fully saturated rings. The second kappa shape index (κ2) is 8.82. The van der Waals surface area contributed by atoms with E-state index in [0.29, 0.717) is 35.5 Å². The Hall–Kier alpha value is -4.70. The number of hydrogen-bond acceptors (Lipinski definition) is 6. The highest BCUT2D eigenvalue weighted by molar-refractivity contribution is 6.34. The molecule has 0 aliphatic heterocycles. The average Bonchev–Trinajstić information content (AvgIpc) is 3.25. The van der Waals surface area contributed by atoms with E-state index in [1.165, 1.54) is 24.3 Å². The number of carbonyl (C=O) groups is 2. The quantitative estimate of drug-likeness (QED) is 0.273. The largest absolute Gasteiger partial charge is 0.508 e. The fraction of sp³-hybridized carbons (Fsp3) is 0.0800. The first-order valence-corrected chi connectivity index (χ1v) is 11.2. The van der Waals surface area contributed by atoms with Crippen molar-refractivity contribution in [2.45, 2.75) is 12.8 Å². The van der Waals surface area contributed by atoms with Gasteiger partial charge in [0.2, 0.25) is 0 Å². The molecule has 0 saturated heterocycles. The summed E-state index contributed by atoms with van der Waals surface area (Å²) in [7, 11) is 0. The summed E-state index contributed by atoms with van der Waals surface area (Å²) in [6.45, 7) is 0. The molecule has 0 atom stereocenters. The number of halogens is 1. The molecule has 0 spiro atoms. The van der Waals surface area contributed by atoms with Crippen molar-refractivity contribution in [3.63, 3.8) is 0 Å². The minimum Gasteiger partial charge on any atom is -0.508 e. The van der Waals surface area contributed by atoms with E-state index in [-0.39, 0.29) is 27.7 Å². The molecule has 4 N–H and O–H groups in total. The van der Waals surface area contributed by atoms with Crippen LogP contribution in [0.1, 0.15) is 32.0 Å². The van der Waals surface area contributed by atoms with Gasteiger partial charge in [-0.2, -0.15) is 5.10 Å². The summed E-state index contributed by atoms with van der Waals surface area (Å²) in [6, 6.07) is 15.3. The fourth-order valence-electron chi connectivity index (χ4n) is 4.29. The van der Waals surface area contributed by atoms with Crippen molar-refractivity contribution in [2.75, 3.05) is 5.32 Å². The molecule has 0 unspecified atom stereocenters. The van der Waals surface area contributed by atoms with E-state index >= 15 is 0 Å². The lowest BCUT2D eigenvalue weighted by molar-refractivity contribution is -0.384. The SMILES string of the molecule is NC(=O)c1nn(-c2ccc(O)cc2)c2c1CCc1ccc(NC(=O)c3cc([N+](=O)[O-])ccc3Cl)cc1-2. The molecule has 180 valence electrons. The molecule has 1 aromatic heterocycles. The number of aromatic hydroxyl groups is 1. The van der Waals surface area contributed by atoms with Crippen molar-refractivity contribution in [1.82, 2.24) is 9.78 Å². The summed E-state index contributed by atoms with van der Waals surface area (Å²) in [5.74, 6) is -1.18. The molecule has 4 aromatic rings. The Bertz CT molecular complexity index is 1560. The molecular formula is C25H18ClN5O5. The smallest absolute Gasteiger partial charge is 0.270 e. The minimum atomic E-state index is -0.656. The first-order chi connectivity index (χ1) is 17.2.